The number of nitrogens with zero attached hydrogens (tertiary/aromatic N) is 1. The minimum Gasteiger partial charge on any atom is -0.495 e. The number of methoxy groups -OCH3 is 2. The average molecular weight is 536 g/mol. The molecule has 0 fully saturated rings. The highest BCUT2D eigenvalue weighted by Crippen LogP contribution is 2.32. The maximum Gasteiger partial charge on any atom is 0.272 e. The van der Waals surface area contributed by atoms with E-state index in [-0.39, 0.29) is 33.7 Å². The van der Waals surface area contributed by atoms with Gasteiger partial charge in [0.15, 0.2) is 5.75 Å². The molecule has 0 aliphatic heterocycles. The van der Waals surface area contributed by atoms with Crippen LogP contribution in [0.2, 0.25) is 0 Å². The Morgan fingerprint density at radius 3 is 2.18 bits per heavy atom. The molecule has 2 N–H and O–H groups in total. The molecule has 0 radical (unpaired) electrons. The summed E-state index contributed by atoms with van der Waals surface area (Å²) >= 11 is 0. The Morgan fingerprint density at radius 2 is 1.50 bits per heavy atom. The Bertz CT molecular complexity index is 1700. The molecule has 0 spiro atoms. The van der Waals surface area contributed by atoms with Crippen LogP contribution in [0.1, 0.15) is 10.4 Å². The minimum atomic E-state index is -4.13. The van der Waals surface area contributed by atoms with Crippen LogP contribution in [0.25, 0.3) is 11.1 Å². The highest BCUT2D eigenvalue weighted by molar-refractivity contribution is 7.92. The number of carbonyl (C=O) groups is 1. The molecular formula is C27H25N3O7S. The van der Waals surface area contributed by atoms with E-state index in [1.54, 1.807) is 62.6 Å². The number of sulfonamides is 1. The smallest absolute Gasteiger partial charge is 0.272 e. The van der Waals surface area contributed by atoms with E-state index in [1.807, 2.05) is 0 Å². The lowest BCUT2D eigenvalue weighted by Gasteiger charge is -2.15. The second-order valence-corrected chi connectivity index (χ2v) is 10.2. The Kier molecular flexibility index (Phi) is 7.22. The van der Waals surface area contributed by atoms with Crippen molar-refractivity contribution in [3.05, 3.63) is 92.7 Å². The fourth-order valence-corrected chi connectivity index (χ4v) is 5.10. The third kappa shape index (κ3) is 5.09. The van der Waals surface area contributed by atoms with E-state index in [0.29, 0.717) is 22.4 Å². The monoisotopic (exact) mass is 535 g/mol. The van der Waals surface area contributed by atoms with Crippen LogP contribution in [0.5, 0.6) is 11.5 Å². The fraction of sp³-hybridized carbons (Fsp3) is 0.148. The molecule has 4 aromatic rings. The Hall–Kier alpha value is -4.64. The van der Waals surface area contributed by atoms with Gasteiger partial charge in [-0.1, -0.05) is 24.3 Å². The summed E-state index contributed by atoms with van der Waals surface area (Å²) in [5.74, 6) is -0.131. The summed E-state index contributed by atoms with van der Waals surface area (Å²) in [6.45, 7) is 0. The summed E-state index contributed by atoms with van der Waals surface area (Å²) in [6.07, 6.45) is 0. The summed E-state index contributed by atoms with van der Waals surface area (Å²) < 4.78 is 39.6. The topological polar surface area (TPSA) is 131 Å². The van der Waals surface area contributed by atoms with Gasteiger partial charge in [-0.15, -0.1) is 0 Å². The molecule has 0 heterocycles. The molecule has 4 rings (SSSR count). The van der Waals surface area contributed by atoms with Crippen LogP contribution < -0.4 is 30.4 Å². The van der Waals surface area contributed by atoms with Crippen molar-refractivity contribution in [2.75, 3.05) is 38.4 Å². The zero-order valence-electron chi connectivity index (χ0n) is 21.1. The lowest BCUT2D eigenvalue weighted by Crippen LogP contribution is -2.34. The first-order chi connectivity index (χ1) is 18.1. The van der Waals surface area contributed by atoms with Crippen molar-refractivity contribution in [1.82, 2.24) is 4.90 Å². The van der Waals surface area contributed by atoms with Crippen LogP contribution in [0.15, 0.2) is 81.2 Å². The number of hydrogen-bond donors (Lipinski definition) is 2. The molecule has 10 nitrogen and oxygen atoms in total. The first-order valence-electron chi connectivity index (χ1n) is 11.3. The van der Waals surface area contributed by atoms with E-state index in [9.17, 15) is 22.8 Å². The maximum atomic E-state index is 13.4. The van der Waals surface area contributed by atoms with Crippen molar-refractivity contribution in [3.63, 3.8) is 0 Å². The lowest BCUT2D eigenvalue weighted by molar-refractivity contribution is 0.0827. The number of hydrogen-bond acceptors (Lipinski definition) is 8. The summed E-state index contributed by atoms with van der Waals surface area (Å²) in [6, 6.07) is 17.8. The molecule has 196 valence electrons. The van der Waals surface area contributed by atoms with Crippen LogP contribution in [-0.4, -0.2) is 47.5 Å². The van der Waals surface area contributed by atoms with E-state index in [4.69, 9.17) is 9.47 Å². The molecule has 0 aromatic heterocycles. The quantitative estimate of drug-likeness (QED) is 0.313. The maximum absolute atomic E-state index is 13.4. The Morgan fingerprint density at radius 1 is 0.816 bits per heavy atom. The molecule has 0 saturated carbocycles. The molecule has 0 unspecified atom stereocenters. The molecule has 4 aromatic carbocycles. The first kappa shape index (κ1) is 26.4. The summed E-state index contributed by atoms with van der Waals surface area (Å²) in [4.78, 5) is 37.2. The summed E-state index contributed by atoms with van der Waals surface area (Å²) in [5, 5.41) is 2.79. The number of benzene rings is 3. The van der Waals surface area contributed by atoms with Gasteiger partial charge in [-0.3, -0.25) is 19.1 Å². The predicted molar refractivity (Wildman–Crippen MR) is 145 cm³/mol. The van der Waals surface area contributed by atoms with Crippen LogP contribution in [0, 0.1) is 0 Å². The zero-order chi connectivity index (χ0) is 27.6. The highest BCUT2D eigenvalue weighted by atomic mass is 32.2. The van der Waals surface area contributed by atoms with Gasteiger partial charge in [-0.25, -0.2) is 8.42 Å². The molecule has 1 amide bonds. The van der Waals surface area contributed by atoms with Crippen molar-refractivity contribution >= 4 is 33.0 Å². The largest absolute Gasteiger partial charge is 0.495 e. The van der Waals surface area contributed by atoms with Gasteiger partial charge in [-0.05, 0) is 53.6 Å². The van der Waals surface area contributed by atoms with Crippen LogP contribution in [-0.2, 0) is 10.0 Å². The van der Waals surface area contributed by atoms with Gasteiger partial charge in [0.1, 0.15) is 16.3 Å². The molecule has 0 aliphatic rings. The predicted octanol–water partition coefficient (Wildman–Crippen LogP) is 3.21. The normalized spacial score (nSPS) is 11.2. The number of rotatable bonds is 9. The molecular weight excluding hydrogens is 510 g/mol. The molecule has 0 aliphatic carbocycles. The molecule has 0 atom stereocenters. The van der Waals surface area contributed by atoms with Crippen LogP contribution in [0.3, 0.4) is 0 Å². The molecule has 0 saturated heterocycles. The number of ether oxygens (including phenoxy) is 2. The lowest BCUT2D eigenvalue weighted by atomic mass is 10.0. The molecule has 38 heavy (non-hydrogen) atoms. The summed E-state index contributed by atoms with van der Waals surface area (Å²) in [7, 11) is 1.82. The average Bonchev–Trinajstić information content (AvgIpc) is 2.91. The van der Waals surface area contributed by atoms with E-state index < -0.39 is 20.9 Å². The minimum absolute atomic E-state index is 0.00172. The third-order valence-corrected chi connectivity index (χ3v) is 7.16. The second kappa shape index (κ2) is 10.4. The van der Waals surface area contributed by atoms with Crippen molar-refractivity contribution in [2.45, 2.75) is 4.90 Å². The van der Waals surface area contributed by atoms with Crippen molar-refractivity contribution < 1.29 is 22.7 Å². The van der Waals surface area contributed by atoms with Crippen molar-refractivity contribution in [1.29, 1.82) is 0 Å². The zero-order valence-corrected chi connectivity index (χ0v) is 21.9. The van der Waals surface area contributed by atoms with E-state index in [0.717, 1.165) is 0 Å². The van der Waals surface area contributed by atoms with Gasteiger partial charge in [0.05, 0.1) is 19.9 Å². The van der Waals surface area contributed by atoms with Crippen molar-refractivity contribution in [2.24, 2.45) is 0 Å². The molecule has 11 heteroatoms. The van der Waals surface area contributed by atoms with Gasteiger partial charge in [-0.2, -0.15) is 0 Å². The SMILES string of the molecule is COc1ccc(-c2cccc(C(=O)N(C)C)c2)cc1S(=O)(=O)Nc1cccc(Nc2c(OC)c(=O)c2=O)c1. The van der Waals surface area contributed by atoms with Gasteiger partial charge in [0.2, 0.25) is 0 Å². The standard InChI is InChI=1S/C27H25N3O7S/c1-30(2)27(33)18-8-5-7-16(13-18)17-11-12-21(36-3)22(14-17)38(34,35)29-20-10-6-9-19(15-20)28-23-24(31)25(32)26(23)37-4/h5-15,28-29H,1-4H3. The van der Waals surface area contributed by atoms with Gasteiger partial charge in [0, 0.05) is 25.3 Å². The number of anilines is 3. The Balaban J connectivity index is 1.65. The van der Waals surface area contributed by atoms with E-state index in [2.05, 4.69) is 10.0 Å². The van der Waals surface area contributed by atoms with Crippen LogP contribution >= 0.6 is 0 Å². The third-order valence-electron chi connectivity index (χ3n) is 5.76. The second-order valence-electron chi connectivity index (χ2n) is 8.52. The van der Waals surface area contributed by atoms with Gasteiger partial charge in [0.25, 0.3) is 26.8 Å². The van der Waals surface area contributed by atoms with Crippen molar-refractivity contribution in [3.8, 4) is 22.6 Å². The van der Waals surface area contributed by atoms with E-state index >= 15 is 0 Å². The van der Waals surface area contributed by atoms with Gasteiger partial charge < -0.3 is 19.7 Å². The highest BCUT2D eigenvalue weighted by Gasteiger charge is 2.23. The number of carbonyl (C=O) groups excluding carboxylic acids is 1. The molecule has 0 bridgehead atoms. The summed E-state index contributed by atoms with van der Waals surface area (Å²) in [5.41, 5.74) is 0.834. The van der Waals surface area contributed by atoms with Gasteiger partial charge >= 0.3 is 0 Å². The first-order valence-corrected chi connectivity index (χ1v) is 12.8. The fourth-order valence-electron chi connectivity index (χ4n) is 3.85. The number of nitrogens with one attached hydrogen (secondary N) is 2. The van der Waals surface area contributed by atoms with Crippen LogP contribution in [0.4, 0.5) is 17.1 Å². The van der Waals surface area contributed by atoms with E-state index in [1.165, 1.54) is 37.3 Å². The Labute approximate surface area is 219 Å². The number of amides is 1.